The monoisotopic (exact) mass is 196 g/mol. The minimum absolute atomic E-state index is 0.0428. The first kappa shape index (κ1) is 9.68. The largest absolute Gasteiger partial charge is 0.493 e. The molecule has 1 heterocycles. The van der Waals surface area contributed by atoms with Crippen molar-refractivity contribution >= 4 is 6.21 Å². The maximum atomic E-state index is 5.73. The Bertz CT molecular complexity index is 259. The molecule has 0 amide bonds. The van der Waals surface area contributed by atoms with Crippen LogP contribution in [0.15, 0.2) is 17.0 Å². The van der Waals surface area contributed by atoms with Crippen LogP contribution >= 0.6 is 0 Å². The molecule has 2 rings (SSSR count). The third-order valence-electron chi connectivity index (χ3n) is 2.55. The second-order valence-electron chi connectivity index (χ2n) is 3.69. The van der Waals surface area contributed by atoms with Crippen LogP contribution in [0.4, 0.5) is 0 Å². The number of rotatable bonds is 4. The van der Waals surface area contributed by atoms with Crippen LogP contribution in [0.1, 0.15) is 12.8 Å². The maximum absolute atomic E-state index is 5.73. The number of hydrogen-bond acceptors (Lipinski definition) is 4. The Hall–Kier alpha value is -0.870. The number of ether oxygens (including phenoxy) is 2. The van der Waals surface area contributed by atoms with Gasteiger partial charge in [-0.05, 0) is 12.8 Å². The van der Waals surface area contributed by atoms with E-state index in [9.17, 15) is 0 Å². The van der Waals surface area contributed by atoms with Gasteiger partial charge in [-0.3, -0.25) is 4.99 Å². The van der Waals surface area contributed by atoms with Gasteiger partial charge in [-0.1, -0.05) is 0 Å². The molecule has 0 bridgehead atoms. The SMILES string of the molecule is COC1C=NC=C(OC2CC2)C1CN. The van der Waals surface area contributed by atoms with Crippen LogP contribution in [0.5, 0.6) is 0 Å². The highest BCUT2D eigenvalue weighted by atomic mass is 16.5. The Balaban J connectivity index is 2.03. The second kappa shape index (κ2) is 4.11. The molecule has 0 aromatic heterocycles. The molecule has 1 aliphatic carbocycles. The molecule has 0 aromatic carbocycles. The molecule has 0 spiro atoms. The summed E-state index contributed by atoms with van der Waals surface area (Å²) >= 11 is 0. The van der Waals surface area contributed by atoms with E-state index >= 15 is 0 Å². The van der Waals surface area contributed by atoms with E-state index < -0.39 is 0 Å². The van der Waals surface area contributed by atoms with Gasteiger partial charge in [0, 0.05) is 19.9 Å². The number of nitrogens with zero attached hydrogens (tertiary/aromatic N) is 1. The summed E-state index contributed by atoms with van der Waals surface area (Å²) in [5.41, 5.74) is 5.69. The first-order valence-corrected chi connectivity index (χ1v) is 4.98. The van der Waals surface area contributed by atoms with Crippen molar-refractivity contribution in [3.63, 3.8) is 0 Å². The Morgan fingerprint density at radius 2 is 2.36 bits per heavy atom. The summed E-state index contributed by atoms with van der Waals surface area (Å²) in [6, 6.07) is 0. The van der Waals surface area contributed by atoms with Gasteiger partial charge in [0.05, 0.1) is 18.2 Å². The van der Waals surface area contributed by atoms with Gasteiger partial charge >= 0.3 is 0 Å². The summed E-state index contributed by atoms with van der Waals surface area (Å²) < 4.78 is 11.0. The highest BCUT2D eigenvalue weighted by molar-refractivity contribution is 5.66. The predicted molar refractivity (Wildman–Crippen MR) is 54.0 cm³/mol. The van der Waals surface area contributed by atoms with Crippen molar-refractivity contribution in [2.75, 3.05) is 13.7 Å². The fourth-order valence-electron chi connectivity index (χ4n) is 1.53. The van der Waals surface area contributed by atoms with Gasteiger partial charge in [0.1, 0.15) is 11.9 Å². The molecule has 0 radical (unpaired) electrons. The average molecular weight is 196 g/mol. The summed E-state index contributed by atoms with van der Waals surface area (Å²) in [7, 11) is 1.67. The van der Waals surface area contributed by atoms with E-state index in [4.69, 9.17) is 15.2 Å². The predicted octanol–water partition coefficient (Wildman–Crippen LogP) is 0.681. The van der Waals surface area contributed by atoms with E-state index in [1.165, 1.54) is 0 Å². The summed E-state index contributed by atoms with van der Waals surface area (Å²) in [6.45, 7) is 0.531. The van der Waals surface area contributed by atoms with Crippen LogP contribution in [0, 0.1) is 5.92 Å². The number of aliphatic imine (C=N–C) groups is 1. The van der Waals surface area contributed by atoms with Crippen LogP contribution in [-0.2, 0) is 9.47 Å². The van der Waals surface area contributed by atoms with Crippen molar-refractivity contribution < 1.29 is 9.47 Å². The number of nitrogens with two attached hydrogens (primary N) is 1. The lowest BCUT2D eigenvalue weighted by Crippen LogP contribution is -2.34. The first-order valence-electron chi connectivity index (χ1n) is 4.98. The zero-order chi connectivity index (χ0) is 9.97. The molecule has 14 heavy (non-hydrogen) atoms. The molecule has 2 aliphatic rings. The van der Waals surface area contributed by atoms with Crippen LogP contribution in [0.25, 0.3) is 0 Å². The van der Waals surface area contributed by atoms with Crippen LogP contribution < -0.4 is 5.73 Å². The molecule has 2 N–H and O–H groups in total. The van der Waals surface area contributed by atoms with Crippen molar-refractivity contribution in [1.29, 1.82) is 0 Å². The van der Waals surface area contributed by atoms with Crippen molar-refractivity contribution in [2.45, 2.75) is 25.0 Å². The normalized spacial score (nSPS) is 31.4. The summed E-state index contributed by atoms with van der Waals surface area (Å²) in [4.78, 5) is 4.10. The molecule has 1 fully saturated rings. The minimum atomic E-state index is -0.0428. The third-order valence-corrected chi connectivity index (χ3v) is 2.55. The Kier molecular flexibility index (Phi) is 2.84. The summed E-state index contributed by atoms with van der Waals surface area (Å²) in [5, 5.41) is 0. The van der Waals surface area contributed by atoms with E-state index in [1.807, 2.05) is 0 Å². The third kappa shape index (κ3) is 1.96. The van der Waals surface area contributed by atoms with E-state index in [0.29, 0.717) is 12.6 Å². The molecule has 0 aromatic rings. The molecular formula is C10H16N2O2. The van der Waals surface area contributed by atoms with E-state index in [0.717, 1.165) is 18.6 Å². The number of hydrogen-bond donors (Lipinski definition) is 1. The summed E-state index contributed by atoms with van der Waals surface area (Å²) in [6.07, 6.45) is 6.18. The molecule has 2 atom stereocenters. The van der Waals surface area contributed by atoms with Crippen LogP contribution in [0.2, 0.25) is 0 Å². The molecule has 1 aliphatic heterocycles. The molecule has 0 saturated heterocycles. The molecule has 78 valence electrons. The number of methoxy groups -OCH3 is 1. The quantitative estimate of drug-likeness (QED) is 0.719. The van der Waals surface area contributed by atoms with Crippen molar-refractivity contribution in [1.82, 2.24) is 0 Å². The topological polar surface area (TPSA) is 56.8 Å². The van der Waals surface area contributed by atoms with Gasteiger partial charge in [-0.15, -0.1) is 0 Å². The summed E-state index contributed by atoms with van der Waals surface area (Å²) in [5.74, 6) is 1.00. The van der Waals surface area contributed by atoms with Gasteiger partial charge in [0.25, 0.3) is 0 Å². The zero-order valence-corrected chi connectivity index (χ0v) is 8.35. The van der Waals surface area contributed by atoms with Crippen molar-refractivity contribution in [3.05, 3.63) is 12.0 Å². The molecule has 4 nitrogen and oxygen atoms in total. The highest BCUT2D eigenvalue weighted by Gasteiger charge is 2.31. The van der Waals surface area contributed by atoms with Crippen LogP contribution in [-0.4, -0.2) is 32.1 Å². The standard InChI is InChI=1S/C10H16N2O2/c1-13-9-5-12-6-10(8(9)4-11)14-7-2-3-7/h5-9H,2-4,11H2,1H3. The van der Waals surface area contributed by atoms with E-state index in [-0.39, 0.29) is 12.0 Å². The zero-order valence-electron chi connectivity index (χ0n) is 8.35. The fraction of sp³-hybridized carbons (Fsp3) is 0.700. The fourth-order valence-corrected chi connectivity index (χ4v) is 1.53. The van der Waals surface area contributed by atoms with Crippen molar-refractivity contribution in [3.8, 4) is 0 Å². The maximum Gasteiger partial charge on any atom is 0.122 e. The molecule has 4 heteroatoms. The van der Waals surface area contributed by atoms with Crippen molar-refractivity contribution in [2.24, 2.45) is 16.6 Å². The minimum Gasteiger partial charge on any atom is -0.493 e. The lowest BCUT2D eigenvalue weighted by molar-refractivity contribution is 0.0768. The first-order chi connectivity index (χ1) is 6.85. The smallest absolute Gasteiger partial charge is 0.122 e. The highest BCUT2D eigenvalue weighted by Crippen LogP contribution is 2.31. The Morgan fingerprint density at radius 1 is 1.57 bits per heavy atom. The van der Waals surface area contributed by atoms with Gasteiger partial charge in [-0.2, -0.15) is 0 Å². The Labute approximate surface area is 83.8 Å². The van der Waals surface area contributed by atoms with Crippen LogP contribution in [0.3, 0.4) is 0 Å². The van der Waals surface area contributed by atoms with Gasteiger partial charge in [0.15, 0.2) is 0 Å². The van der Waals surface area contributed by atoms with Gasteiger partial charge in [0.2, 0.25) is 0 Å². The average Bonchev–Trinajstić information content (AvgIpc) is 3.01. The second-order valence-corrected chi connectivity index (χ2v) is 3.69. The lowest BCUT2D eigenvalue weighted by atomic mass is 9.99. The van der Waals surface area contributed by atoms with E-state index in [1.54, 1.807) is 19.5 Å². The lowest BCUT2D eigenvalue weighted by Gasteiger charge is -2.26. The molecule has 1 saturated carbocycles. The van der Waals surface area contributed by atoms with Gasteiger partial charge < -0.3 is 15.2 Å². The molecule has 2 unspecified atom stereocenters. The Morgan fingerprint density at radius 3 is 2.93 bits per heavy atom. The molecular weight excluding hydrogens is 180 g/mol. The van der Waals surface area contributed by atoms with E-state index in [2.05, 4.69) is 4.99 Å². The van der Waals surface area contributed by atoms with Gasteiger partial charge in [-0.25, -0.2) is 0 Å².